The van der Waals surface area contributed by atoms with Gasteiger partial charge in [0.15, 0.2) is 0 Å². The Balaban J connectivity index is 1.88. The highest BCUT2D eigenvalue weighted by molar-refractivity contribution is 9.10. The minimum Gasteiger partial charge on any atom is -0.333 e. The standard InChI is InChI=1S/C14H18BrN3/c1-2-7-18-11-17-10-13(18)9-16-8-12-5-3-4-6-14(12)15/h3-6,10-11,16H,2,7-9H2,1H3. The van der Waals surface area contributed by atoms with Crippen molar-refractivity contribution >= 4 is 15.9 Å². The molecule has 0 bridgehead atoms. The van der Waals surface area contributed by atoms with Crippen molar-refractivity contribution in [3.8, 4) is 0 Å². The molecule has 0 aliphatic carbocycles. The molecule has 0 unspecified atom stereocenters. The van der Waals surface area contributed by atoms with Gasteiger partial charge in [-0.15, -0.1) is 0 Å². The summed E-state index contributed by atoms with van der Waals surface area (Å²) in [7, 11) is 0. The number of nitrogens with zero attached hydrogens (tertiary/aromatic N) is 2. The predicted octanol–water partition coefficient (Wildman–Crippen LogP) is 3.35. The van der Waals surface area contributed by atoms with Crippen LogP contribution < -0.4 is 5.32 Å². The van der Waals surface area contributed by atoms with Crippen molar-refractivity contribution in [1.29, 1.82) is 0 Å². The van der Waals surface area contributed by atoms with Crippen molar-refractivity contribution in [3.05, 3.63) is 52.5 Å². The van der Waals surface area contributed by atoms with E-state index in [0.29, 0.717) is 0 Å². The van der Waals surface area contributed by atoms with E-state index < -0.39 is 0 Å². The second kappa shape index (κ2) is 6.71. The van der Waals surface area contributed by atoms with Crippen molar-refractivity contribution in [2.75, 3.05) is 0 Å². The van der Waals surface area contributed by atoms with Gasteiger partial charge in [0.25, 0.3) is 0 Å². The van der Waals surface area contributed by atoms with Gasteiger partial charge in [0.1, 0.15) is 0 Å². The van der Waals surface area contributed by atoms with Crippen LogP contribution in [0.1, 0.15) is 24.6 Å². The number of hydrogen-bond acceptors (Lipinski definition) is 2. The molecule has 0 aliphatic rings. The van der Waals surface area contributed by atoms with Crippen LogP contribution in [0.2, 0.25) is 0 Å². The number of hydrogen-bond donors (Lipinski definition) is 1. The summed E-state index contributed by atoms with van der Waals surface area (Å²) in [6, 6.07) is 8.28. The van der Waals surface area contributed by atoms with Crippen LogP contribution in [0.5, 0.6) is 0 Å². The molecule has 3 nitrogen and oxygen atoms in total. The first-order chi connectivity index (χ1) is 8.81. The zero-order chi connectivity index (χ0) is 12.8. The summed E-state index contributed by atoms with van der Waals surface area (Å²) in [6.45, 7) is 4.92. The third-order valence-corrected chi connectivity index (χ3v) is 3.62. The molecule has 0 amide bonds. The van der Waals surface area contributed by atoms with E-state index in [1.165, 1.54) is 11.3 Å². The largest absolute Gasteiger partial charge is 0.333 e. The van der Waals surface area contributed by atoms with E-state index in [4.69, 9.17) is 0 Å². The maximum absolute atomic E-state index is 4.20. The lowest BCUT2D eigenvalue weighted by Crippen LogP contribution is -2.16. The SMILES string of the molecule is CCCn1cncc1CNCc1ccccc1Br. The molecule has 4 heteroatoms. The van der Waals surface area contributed by atoms with Crippen LogP contribution in [0.15, 0.2) is 41.3 Å². The fourth-order valence-electron chi connectivity index (χ4n) is 1.90. The van der Waals surface area contributed by atoms with Gasteiger partial charge in [-0.3, -0.25) is 0 Å². The maximum atomic E-state index is 4.20. The lowest BCUT2D eigenvalue weighted by molar-refractivity contribution is 0.600. The van der Waals surface area contributed by atoms with E-state index >= 15 is 0 Å². The summed E-state index contributed by atoms with van der Waals surface area (Å²) in [5.41, 5.74) is 2.52. The molecule has 18 heavy (non-hydrogen) atoms. The van der Waals surface area contributed by atoms with Crippen LogP contribution in [0.25, 0.3) is 0 Å². The van der Waals surface area contributed by atoms with Crippen molar-refractivity contribution in [3.63, 3.8) is 0 Å². The molecular formula is C14H18BrN3. The molecule has 1 heterocycles. The highest BCUT2D eigenvalue weighted by Gasteiger charge is 2.02. The lowest BCUT2D eigenvalue weighted by Gasteiger charge is -2.09. The van der Waals surface area contributed by atoms with Crippen molar-refractivity contribution in [2.24, 2.45) is 0 Å². The topological polar surface area (TPSA) is 29.9 Å². The fraction of sp³-hybridized carbons (Fsp3) is 0.357. The van der Waals surface area contributed by atoms with Gasteiger partial charge in [-0.05, 0) is 18.1 Å². The molecule has 0 radical (unpaired) electrons. The monoisotopic (exact) mass is 307 g/mol. The Morgan fingerprint density at radius 3 is 2.89 bits per heavy atom. The van der Waals surface area contributed by atoms with Crippen LogP contribution in [-0.2, 0) is 19.6 Å². The molecule has 0 saturated carbocycles. The molecule has 0 fully saturated rings. The Morgan fingerprint density at radius 1 is 1.28 bits per heavy atom. The Bertz CT molecular complexity index is 493. The van der Waals surface area contributed by atoms with Gasteiger partial charge in [-0.25, -0.2) is 4.98 Å². The van der Waals surface area contributed by atoms with Crippen LogP contribution in [0.4, 0.5) is 0 Å². The van der Waals surface area contributed by atoms with E-state index in [1.54, 1.807) is 0 Å². The van der Waals surface area contributed by atoms with E-state index in [1.807, 2.05) is 18.6 Å². The number of aromatic nitrogens is 2. The van der Waals surface area contributed by atoms with E-state index in [-0.39, 0.29) is 0 Å². The molecular weight excluding hydrogens is 290 g/mol. The summed E-state index contributed by atoms with van der Waals surface area (Å²) in [5.74, 6) is 0. The summed E-state index contributed by atoms with van der Waals surface area (Å²) >= 11 is 3.56. The molecule has 1 aromatic heterocycles. The van der Waals surface area contributed by atoms with Gasteiger partial charge in [-0.2, -0.15) is 0 Å². The Labute approximate surface area is 116 Å². The Morgan fingerprint density at radius 2 is 2.11 bits per heavy atom. The van der Waals surface area contributed by atoms with Gasteiger partial charge in [0.2, 0.25) is 0 Å². The summed E-state index contributed by atoms with van der Waals surface area (Å²) < 4.78 is 3.35. The predicted molar refractivity (Wildman–Crippen MR) is 77.2 cm³/mol. The normalized spacial score (nSPS) is 10.8. The van der Waals surface area contributed by atoms with Gasteiger partial charge >= 0.3 is 0 Å². The zero-order valence-electron chi connectivity index (χ0n) is 10.6. The van der Waals surface area contributed by atoms with Crippen LogP contribution in [-0.4, -0.2) is 9.55 Å². The van der Waals surface area contributed by atoms with Crippen LogP contribution in [0, 0.1) is 0 Å². The molecule has 0 saturated heterocycles. The first-order valence-corrected chi connectivity index (χ1v) is 7.03. The molecule has 0 aliphatic heterocycles. The molecule has 2 aromatic rings. The van der Waals surface area contributed by atoms with Crippen molar-refractivity contribution in [1.82, 2.24) is 14.9 Å². The third-order valence-electron chi connectivity index (χ3n) is 2.84. The van der Waals surface area contributed by atoms with Crippen LogP contribution >= 0.6 is 15.9 Å². The zero-order valence-corrected chi connectivity index (χ0v) is 12.2. The smallest absolute Gasteiger partial charge is 0.0948 e. The number of rotatable bonds is 6. The molecule has 0 spiro atoms. The number of aryl methyl sites for hydroxylation is 1. The Hall–Kier alpha value is -1.13. The van der Waals surface area contributed by atoms with Gasteiger partial charge in [0, 0.05) is 30.3 Å². The van der Waals surface area contributed by atoms with Crippen molar-refractivity contribution in [2.45, 2.75) is 33.0 Å². The summed E-state index contributed by atoms with van der Waals surface area (Å²) in [6.07, 6.45) is 4.97. The average molecular weight is 308 g/mol. The molecule has 96 valence electrons. The molecule has 1 N–H and O–H groups in total. The number of nitrogens with one attached hydrogen (secondary N) is 1. The third kappa shape index (κ3) is 3.43. The number of benzene rings is 1. The van der Waals surface area contributed by atoms with Gasteiger partial charge in [-0.1, -0.05) is 41.1 Å². The minimum atomic E-state index is 0.849. The highest BCUT2D eigenvalue weighted by atomic mass is 79.9. The molecule has 1 aromatic carbocycles. The Kier molecular flexibility index (Phi) is 4.96. The van der Waals surface area contributed by atoms with E-state index in [2.05, 4.69) is 55.9 Å². The average Bonchev–Trinajstić information content (AvgIpc) is 2.80. The molecule has 0 atom stereocenters. The summed E-state index contributed by atoms with van der Waals surface area (Å²) in [5, 5.41) is 3.45. The minimum absolute atomic E-state index is 0.849. The number of imidazole rings is 1. The second-order valence-corrected chi connectivity index (χ2v) is 5.13. The molecule has 2 rings (SSSR count). The van der Waals surface area contributed by atoms with E-state index in [9.17, 15) is 0 Å². The van der Waals surface area contributed by atoms with Gasteiger partial charge in [0.05, 0.1) is 12.0 Å². The van der Waals surface area contributed by atoms with Crippen LogP contribution in [0.3, 0.4) is 0 Å². The maximum Gasteiger partial charge on any atom is 0.0948 e. The second-order valence-electron chi connectivity index (χ2n) is 4.27. The fourth-order valence-corrected chi connectivity index (χ4v) is 2.33. The van der Waals surface area contributed by atoms with E-state index in [0.717, 1.165) is 30.5 Å². The van der Waals surface area contributed by atoms with Crippen molar-refractivity contribution < 1.29 is 0 Å². The number of halogens is 1. The first-order valence-electron chi connectivity index (χ1n) is 6.24. The van der Waals surface area contributed by atoms with Gasteiger partial charge < -0.3 is 9.88 Å². The lowest BCUT2D eigenvalue weighted by atomic mass is 10.2. The first kappa shape index (κ1) is 13.3. The highest BCUT2D eigenvalue weighted by Crippen LogP contribution is 2.15. The quantitative estimate of drug-likeness (QED) is 0.887. The summed E-state index contributed by atoms with van der Waals surface area (Å²) in [4.78, 5) is 4.20.